The Kier molecular flexibility index (Phi) is 6.01. The number of alkyl halides is 3. The summed E-state index contributed by atoms with van der Waals surface area (Å²) < 4.78 is 44.6. The third-order valence-corrected chi connectivity index (χ3v) is 4.14. The van der Waals surface area contributed by atoms with Crippen LogP contribution in [-0.2, 0) is 17.4 Å². The Morgan fingerprint density at radius 2 is 1.62 bits per heavy atom. The number of benzene rings is 2. The van der Waals surface area contributed by atoms with E-state index in [0.29, 0.717) is 0 Å². The van der Waals surface area contributed by atoms with Crippen LogP contribution in [0, 0.1) is 0 Å². The minimum atomic E-state index is -4.63. The third-order valence-electron chi connectivity index (χ3n) is 4.14. The Labute approximate surface area is 164 Å². The summed E-state index contributed by atoms with van der Waals surface area (Å²) in [5.41, 5.74) is -0.615. The van der Waals surface area contributed by atoms with Gasteiger partial charge in [-0.25, -0.2) is 0 Å². The van der Waals surface area contributed by atoms with E-state index in [1.54, 1.807) is 30.3 Å². The van der Waals surface area contributed by atoms with Crippen molar-refractivity contribution in [1.82, 2.24) is 5.32 Å². The molecule has 0 aliphatic carbocycles. The van der Waals surface area contributed by atoms with Gasteiger partial charge in [0.1, 0.15) is 6.04 Å². The van der Waals surface area contributed by atoms with E-state index in [2.05, 4.69) is 10.6 Å². The van der Waals surface area contributed by atoms with E-state index >= 15 is 0 Å². The van der Waals surface area contributed by atoms with Gasteiger partial charge < -0.3 is 15.1 Å². The van der Waals surface area contributed by atoms with Gasteiger partial charge in [-0.3, -0.25) is 9.59 Å². The smallest absolute Gasteiger partial charge is 0.418 e. The molecule has 150 valence electrons. The minimum Gasteiger partial charge on any atom is -0.459 e. The number of hydrogen-bond acceptors (Lipinski definition) is 3. The summed E-state index contributed by atoms with van der Waals surface area (Å²) in [6.07, 6.45) is -3.23. The molecule has 2 amide bonds. The van der Waals surface area contributed by atoms with Crippen molar-refractivity contribution in [2.45, 2.75) is 18.6 Å². The van der Waals surface area contributed by atoms with Gasteiger partial charge in [-0.2, -0.15) is 13.2 Å². The molecule has 0 radical (unpaired) electrons. The first-order chi connectivity index (χ1) is 13.8. The predicted molar refractivity (Wildman–Crippen MR) is 100 cm³/mol. The second-order valence-electron chi connectivity index (χ2n) is 6.23. The molecule has 2 aromatic carbocycles. The van der Waals surface area contributed by atoms with E-state index in [9.17, 15) is 22.8 Å². The predicted octanol–water partition coefficient (Wildman–Crippen LogP) is 4.28. The van der Waals surface area contributed by atoms with Crippen molar-refractivity contribution in [3.63, 3.8) is 0 Å². The molecule has 0 aliphatic rings. The molecule has 2 N–H and O–H groups in total. The fourth-order valence-electron chi connectivity index (χ4n) is 2.76. The van der Waals surface area contributed by atoms with Gasteiger partial charge in [0.05, 0.1) is 17.5 Å². The highest BCUT2D eigenvalue weighted by atomic mass is 19.4. The van der Waals surface area contributed by atoms with Gasteiger partial charge in [-0.05, 0) is 29.8 Å². The number of rotatable bonds is 6. The zero-order chi connectivity index (χ0) is 20.9. The molecule has 1 aromatic heterocycles. The minimum absolute atomic E-state index is 0.00782. The quantitative estimate of drug-likeness (QED) is 0.647. The highest BCUT2D eigenvalue weighted by Gasteiger charge is 2.34. The first kappa shape index (κ1) is 20.2. The number of para-hydroxylation sites is 1. The summed E-state index contributed by atoms with van der Waals surface area (Å²) >= 11 is 0. The van der Waals surface area contributed by atoms with Crippen LogP contribution in [0.1, 0.15) is 21.7 Å². The lowest BCUT2D eigenvalue weighted by atomic mass is 10.0. The van der Waals surface area contributed by atoms with Crippen molar-refractivity contribution in [2.75, 3.05) is 5.32 Å². The van der Waals surface area contributed by atoms with E-state index in [1.165, 1.54) is 30.5 Å². The lowest BCUT2D eigenvalue weighted by molar-refractivity contribution is -0.137. The molecule has 3 rings (SSSR count). The maximum absolute atomic E-state index is 13.2. The summed E-state index contributed by atoms with van der Waals surface area (Å²) in [5.74, 6) is -1.42. The van der Waals surface area contributed by atoms with Crippen molar-refractivity contribution in [2.24, 2.45) is 0 Å². The van der Waals surface area contributed by atoms with E-state index < -0.39 is 29.6 Å². The molecule has 0 saturated heterocycles. The van der Waals surface area contributed by atoms with Crippen LogP contribution in [0.4, 0.5) is 18.9 Å². The lowest BCUT2D eigenvalue weighted by Gasteiger charge is -2.20. The molecule has 29 heavy (non-hydrogen) atoms. The van der Waals surface area contributed by atoms with Gasteiger partial charge in [-0.1, -0.05) is 42.5 Å². The Balaban J connectivity index is 1.83. The van der Waals surface area contributed by atoms with Gasteiger partial charge in [0, 0.05) is 6.42 Å². The van der Waals surface area contributed by atoms with Gasteiger partial charge in [0.25, 0.3) is 5.91 Å². The second kappa shape index (κ2) is 8.64. The maximum atomic E-state index is 13.2. The van der Waals surface area contributed by atoms with Crippen molar-refractivity contribution in [3.05, 3.63) is 89.9 Å². The van der Waals surface area contributed by atoms with Crippen LogP contribution >= 0.6 is 0 Å². The van der Waals surface area contributed by atoms with Crippen molar-refractivity contribution >= 4 is 17.5 Å². The number of carbonyl (C=O) groups is 2. The van der Waals surface area contributed by atoms with Gasteiger partial charge >= 0.3 is 6.18 Å². The van der Waals surface area contributed by atoms with Crippen LogP contribution in [0.15, 0.2) is 77.4 Å². The molecule has 0 unspecified atom stereocenters. The number of furan rings is 1. The fraction of sp³-hybridized carbons (Fsp3) is 0.143. The Bertz CT molecular complexity index is 970. The average Bonchev–Trinajstić information content (AvgIpc) is 3.23. The molecule has 0 aliphatic heterocycles. The maximum Gasteiger partial charge on any atom is 0.418 e. The van der Waals surface area contributed by atoms with Crippen molar-refractivity contribution in [1.29, 1.82) is 0 Å². The summed E-state index contributed by atoms with van der Waals surface area (Å²) in [4.78, 5) is 25.1. The van der Waals surface area contributed by atoms with Gasteiger partial charge in [0.2, 0.25) is 5.91 Å². The molecule has 8 heteroatoms. The number of carbonyl (C=O) groups excluding carboxylic acids is 2. The van der Waals surface area contributed by atoms with Crippen LogP contribution in [0.2, 0.25) is 0 Å². The largest absolute Gasteiger partial charge is 0.459 e. The average molecular weight is 402 g/mol. The zero-order valence-corrected chi connectivity index (χ0v) is 15.1. The van der Waals surface area contributed by atoms with Crippen LogP contribution in [0.5, 0.6) is 0 Å². The molecular formula is C21H17F3N2O3. The van der Waals surface area contributed by atoms with Crippen LogP contribution in [-0.4, -0.2) is 17.9 Å². The second-order valence-corrected chi connectivity index (χ2v) is 6.23. The number of nitrogens with one attached hydrogen (secondary N) is 2. The Hall–Kier alpha value is -3.55. The molecule has 3 aromatic rings. The summed E-state index contributed by atoms with van der Waals surface area (Å²) in [6, 6.07) is 15.3. The van der Waals surface area contributed by atoms with Crippen LogP contribution in [0.25, 0.3) is 0 Å². The highest BCUT2D eigenvalue weighted by molar-refractivity contribution is 6.00. The normalized spacial score (nSPS) is 12.2. The number of amides is 2. The molecule has 0 saturated carbocycles. The molecule has 0 fully saturated rings. The highest BCUT2D eigenvalue weighted by Crippen LogP contribution is 2.34. The van der Waals surface area contributed by atoms with Crippen molar-refractivity contribution < 1.29 is 27.2 Å². The summed E-state index contributed by atoms with van der Waals surface area (Å²) in [7, 11) is 0. The zero-order valence-electron chi connectivity index (χ0n) is 15.1. The van der Waals surface area contributed by atoms with Crippen LogP contribution in [0.3, 0.4) is 0 Å². The first-order valence-electron chi connectivity index (χ1n) is 8.70. The Morgan fingerprint density at radius 3 is 2.28 bits per heavy atom. The SMILES string of the molecule is O=C(N[C@H](Cc1ccccc1)C(=O)Nc1ccccc1C(F)(F)F)c1ccco1. The fourth-order valence-corrected chi connectivity index (χ4v) is 2.76. The van der Waals surface area contributed by atoms with E-state index in [-0.39, 0.29) is 17.9 Å². The lowest BCUT2D eigenvalue weighted by Crippen LogP contribution is -2.45. The number of halogens is 3. The van der Waals surface area contributed by atoms with Gasteiger partial charge in [0.15, 0.2) is 5.76 Å². The summed E-state index contributed by atoms with van der Waals surface area (Å²) in [5, 5.41) is 4.80. The molecular weight excluding hydrogens is 385 g/mol. The first-order valence-corrected chi connectivity index (χ1v) is 8.70. The molecule has 1 atom stereocenters. The number of anilines is 1. The molecule has 0 bridgehead atoms. The van der Waals surface area contributed by atoms with Crippen molar-refractivity contribution in [3.8, 4) is 0 Å². The standard InChI is InChI=1S/C21H17F3N2O3/c22-21(23,24)15-9-4-5-10-16(15)25-19(27)17(13-14-7-2-1-3-8-14)26-20(28)18-11-6-12-29-18/h1-12,17H,13H2,(H,25,27)(H,26,28)/t17-/m1/s1. The molecule has 0 spiro atoms. The topological polar surface area (TPSA) is 71.3 Å². The van der Waals surface area contributed by atoms with E-state index in [4.69, 9.17) is 4.42 Å². The third kappa shape index (κ3) is 5.25. The Morgan fingerprint density at radius 1 is 0.931 bits per heavy atom. The van der Waals surface area contributed by atoms with E-state index in [1.807, 2.05) is 0 Å². The van der Waals surface area contributed by atoms with E-state index in [0.717, 1.165) is 17.7 Å². The number of hydrogen-bond donors (Lipinski definition) is 2. The summed E-state index contributed by atoms with van der Waals surface area (Å²) in [6.45, 7) is 0. The molecule has 5 nitrogen and oxygen atoms in total. The van der Waals surface area contributed by atoms with Gasteiger partial charge in [-0.15, -0.1) is 0 Å². The monoisotopic (exact) mass is 402 g/mol. The van der Waals surface area contributed by atoms with Crippen LogP contribution < -0.4 is 10.6 Å². The molecule has 1 heterocycles.